The summed E-state index contributed by atoms with van der Waals surface area (Å²) in [6.45, 7) is 1.71. The Labute approximate surface area is 133 Å². The van der Waals surface area contributed by atoms with Crippen LogP contribution in [0, 0.1) is 17.4 Å². The smallest absolute Gasteiger partial charge is 0.370 e. The maximum atomic E-state index is 12.8. The summed E-state index contributed by atoms with van der Waals surface area (Å²) in [7, 11) is 0. The van der Waals surface area contributed by atoms with E-state index in [1.54, 1.807) is 13.0 Å². The molecule has 6 heteroatoms. The van der Waals surface area contributed by atoms with Gasteiger partial charge in [0.25, 0.3) is 5.43 Å². The highest BCUT2D eigenvalue weighted by molar-refractivity contribution is 5.96. The molecular formula is C18H10N2O4. The second-order valence-electron chi connectivity index (χ2n) is 5.76. The lowest BCUT2D eigenvalue weighted by molar-refractivity contribution is -0.0642. The predicted molar refractivity (Wildman–Crippen MR) is 86.5 cm³/mol. The molecule has 4 rings (SSSR count). The monoisotopic (exact) mass is 318 g/mol. The first-order chi connectivity index (χ1) is 11.5. The molecule has 2 aromatic carbocycles. The first-order valence-corrected chi connectivity index (χ1v) is 7.18. The van der Waals surface area contributed by atoms with E-state index in [1.807, 2.05) is 0 Å². The SMILES string of the molecule is Cc1cc(O)c2c3c(=O)c4cccc(O)c4c=3c(=O)c(=[N+]=[N-])c2c1. The van der Waals surface area contributed by atoms with Gasteiger partial charge >= 0.3 is 5.36 Å². The van der Waals surface area contributed by atoms with Gasteiger partial charge in [-0.05, 0) is 30.7 Å². The molecular weight excluding hydrogens is 308 g/mol. The molecule has 0 bridgehead atoms. The van der Waals surface area contributed by atoms with Gasteiger partial charge in [0.1, 0.15) is 11.5 Å². The molecule has 0 atom stereocenters. The first kappa shape index (κ1) is 14.1. The van der Waals surface area contributed by atoms with Crippen molar-refractivity contribution in [2.24, 2.45) is 0 Å². The van der Waals surface area contributed by atoms with Crippen molar-refractivity contribution in [2.75, 3.05) is 0 Å². The van der Waals surface area contributed by atoms with Gasteiger partial charge in [-0.25, -0.2) is 0 Å². The van der Waals surface area contributed by atoms with E-state index in [0.717, 1.165) is 0 Å². The van der Waals surface area contributed by atoms with Gasteiger partial charge in [0.2, 0.25) is 0 Å². The van der Waals surface area contributed by atoms with Gasteiger partial charge in [0.05, 0.1) is 10.6 Å². The average Bonchev–Trinajstić information content (AvgIpc) is 2.82. The number of phenols is 2. The van der Waals surface area contributed by atoms with Gasteiger partial charge in [-0.3, -0.25) is 9.59 Å². The van der Waals surface area contributed by atoms with Crippen molar-refractivity contribution in [3.63, 3.8) is 0 Å². The number of aryl methyl sites for hydroxylation is 1. The molecule has 2 aliphatic carbocycles. The Hall–Kier alpha value is -3.50. The summed E-state index contributed by atoms with van der Waals surface area (Å²) in [6.07, 6.45) is 0. The minimum Gasteiger partial charge on any atom is -0.507 e. The molecule has 0 unspecified atom stereocenters. The van der Waals surface area contributed by atoms with Crippen LogP contribution in [0.1, 0.15) is 5.56 Å². The summed E-state index contributed by atoms with van der Waals surface area (Å²) in [4.78, 5) is 28.6. The van der Waals surface area contributed by atoms with Crippen molar-refractivity contribution in [1.82, 2.24) is 0 Å². The van der Waals surface area contributed by atoms with Crippen LogP contribution in [0.3, 0.4) is 0 Å². The zero-order chi connectivity index (χ0) is 17.2. The molecule has 0 saturated heterocycles. The molecule has 0 spiro atoms. The Balaban J connectivity index is 2.66. The molecule has 0 saturated carbocycles. The minimum absolute atomic E-state index is 0.0244. The third kappa shape index (κ3) is 1.55. The molecule has 0 aliphatic heterocycles. The Bertz CT molecular complexity index is 1420. The quantitative estimate of drug-likeness (QED) is 0.374. The molecule has 0 radical (unpaired) electrons. The Morgan fingerprint density at radius 1 is 0.917 bits per heavy atom. The largest absolute Gasteiger partial charge is 0.507 e. The van der Waals surface area contributed by atoms with Crippen molar-refractivity contribution in [1.29, 1.82) is 0 Å². The van der Waals surface area contributed by atoms with Gasteiger partial charge in [0.15, 0.2) is 5.43 Å². The number of aromatic hydroxyl groups is 2. The summed E-state index contributed by atoms with van der Waals surface area (Å²) in [5.41, 5.74) is 8.83. The second kappa shape index (κ2) is 4.50. The Morgan fingerprint density at radius 2 is 1.58 bits per heavy atom. The first-order valence-electron chi connectivity index (χ1n) is 7.18. The van der Waals surface area contributed by atoms with Crippen LogP contribution in [0.25, 0.3) is 27.1 Å². The van der Waals surface area contributed by atoms with E-state index < -0.39 is 10.9 Å². The molecule has 2 N–H and O–H groups in total. The normalized spacial score (nSPS) is 11.4. The van der Waals surface area contributed by atoms with Crippen molar-refractivity contribution in [3.05, 3.63) is 77.7 Å². The molecule has 0 fully saturated rings. The van der Waals surface area contributed by atoms with Crippen molar-refractivity contribution < 1.29 is 15.0 Å². The highest BCUT2D eigenvalue weighted by Gasteiger charge is 2.22. The van der Waals surface area contributed by atoms with Gasteiger partial charge in [0, 0.05) is 21.4 Å². The van der Waals surface area contributed by atoms with Crippen LogP contribution in [-0.4, -0.2) is 15.0 Å². The van der Waals surface area contributed by atoms with Crippen LogP contribution in [0.5, 0.6) is 11.5 Å². The number of fused-ring (bicyclic) bond motifs is 4. The Kier molecular flexibility index (Phi) is 2.65. The van der Waals surface area contributed by atoms with Crippen LogP contribution < -0.4 is 16.2 Å². The fraction of sp³-hybridized carbons (Fsp3) is 0.0556. The van der Waals surface area contributed by atoms with Crippen LogP contribution >= 0.6 is 0 Å². The fourth-order valence-corrected chi connectivity index (χ4v) is 3.39. The summed E-state index contributed by atoms with van der Waals surface area (Å²) >= 11 is 0. The summed E-state index contributed by atoms with van der Waals surface area (Å²) in [5.74, 6) is -0.404. The summed E-state index contributed by atoms with van der Waals surface area (Å²) < 4.78 is 0. The van der Waals surface area contributed by atoms with E-state index in [1.165, 1.54) is 24.3 Å². The number of nitrogens with zero attached hydrogens (tertiary/aromatic N) is 2. The summed E-state index contributed by atoms with van der Waals surface area (Å²) in [6, 6.07) is 7.41. The van der Waals surface area contributed by atoms with Gasteiger partial charge in [-0.2, -0.15) is 4.79 Å². The highest BCUT2D eigenvalue weighted by Crippen LogP contribution is 2.29. The minimum atomic E-state index is -0.668. The van der Waals surface area contributed by atoms with Crippen molar-refractivity contribution >= 4 is 21.5 Å². The lowest BCUT2D eigenvalue weighted by Gasteiger charge is -2.01. The standard InChI is InChI=1S/C18H10N2O4/c1-7-5-9-13(11(22)6-7)14-15(18(24)16(9)20-19)12-8(17(14)23)3-2-4-10(12)21/h2-6,21-22H,1H3. The lowest BCUT2D eigenvalue weighted by Crippen LogP contribution is -2.28. The Morgan fingerprint density at radius 3 is 2.29 bits per heavy atom. The molecule has 6 nitrogen and oxygen atoms in total. The highest BCUT2D eigenvalue weighted by atomic mass is 16.3. The number of hydrogen-bond acceptors (Lipinski definition) is 4. The van der Waals surface area contributed by atoms with Gasteiger partial charge in [-0.15, -0.1) is 0 Å². The van der Waals surface area contributed by atoms with E-state index in [0.29, 0.717) is 5.56 Å². The molecule has 0 amide bonds. The third-order valence-electron chi connectivity index (χ3n) is 4.32. The molecule has 24 heavy (non-hydrogen) atoms. The molecule has 0 aromatic heterocycles. The number of rotatable bonds is 0. The zero-order valence-electron chi connectivity index (χ0n) is 12.5. The summed E-state index contributed by atoms with van der Waals surface area (Å²) in [5, 5.41) is 20.8. The van der Waals surface area contributed by atoms with Crippen molar-refractivity contribution in [3.8, 4) is 11.5 Å². The van der Waals surface area contributed by atoms with Crippen LogP contribution in [-0.2, 0) is 0 Å². The van der Waals surface area contributed by atoms with Crippen molar-refractivity contribution in [2.45, 2.75) is 6.92 Å². The van der Waals surface area contributed by atoms with Crippen LogP contribution in [0.15, 0.2) is 39.9 Å². The van der Waals surface area contributed by atoms with E-state index in [4.69, 9.17) is 0 Å². The average molecular weight is 318 g/mol. The number of phenolic OH excluding ortho intramolecular Hbond substituents is 2. The molecule has 116 valence electrons. The molecule has 0 heterocycles. The maximum Gasteiger partial charge on any atom is 0.370 e. The van der Waals surface area contributed by atoms with Crippen LogP contribution in [0.2, 0.25) is 0 Å². The van der Waals surface area contributed by atoms with Crippen LogP contribution in [0.4, 0.5) is 0 Å². The third-order valence-corrected chi connectivity index (χ3v) is 4.32. The number of hydrogen-bond donors (Lipinski definition) is 2. The van der Waals surface area contributed by atoms with E-state index in [9.17, 15) is 25.3 Å². The maximum absolute atomic E-state index is 12.8. The van der Waals surface area contributed by atoms with Gasteiger partial charge in [-0.1, -0.05) is 12.1 Å². The lowest BCUT2D eigenvalue weighted by atomic mass is 10.0. The fourth-order valence-electron chi connectivity index (χ4n) is 3.39. The number of benzene rings is 2. The molecule has 2 aromatic rings. The van der Waals surface area contributed by atoms with E-state index in [-0.39, 0.29) is 48.8 Å². The predicted octanol–water partition coefficient (Wildman–Crippen LogP) is 1.16. The van der Waals surface area contributed by atoms with E-state index in [2.05, 4.69) is 4.79 Å². The van der Waals surface area contributed by atoms with Gasteiger partial charge < -0.3 is 15.7 Å². The molecule has 2 aliphatic rings. The zero-order valence-corrected chi connectivity index (χ0v) is 12.5. The second-order valence-corrected chi connectivity index (χ2v) is 5.76. The van der Waals surface area contributed by atoms with E-state index >= 15 is 0 Å². The topological polar surface area (TPSA) is 111 Å².